The Hall–Kier alpha value is -1.17. The smallest absolute Gasteiger partial charge is 0.313 e. The molecule has 0 aromatic heterocycles. The molecule has 0 aliphatic heterocycles. The van der Waals surface area contributed by atoms with Gasteiger partial charge in [0.2, 0.25) is 0 Å². The highest BCUT2D eigenvalue weighted by atomic mass is 19.4. The Morgan fingerprint density at radius 2 is 1.76 bits per heavy atom. The van der Waals surface area contributed by atoms with Crippen LogP contribution in [-0.4, -0.2) is 13.2 Å². The Balaban J connectivity index is 3.08. The quantitative estimate of drug-likeness (QED) is 0.813. The van der Waals surface area contributed by atoms with Crippen LogP contribution >= 0.6 is 0 Å². The maximum absolute atomic E-state index is 13.5. The number of benzene rings is 1. The highest BCUT2D eigenvalue weighted by molar-refractivity contribution is 5.27. The first-order valence-electron chi connectivity index (χ1n) is 4.94. The minimum atomic E-state index is -4.44. The van der Waals surface area contributed by atoms with Gasteiger partial charge < -0.3 is 5.32 Å². The van der Waals surface area contributed by atoms with Gasteiger partial charge in [-0.2, -0.15) is 13.2 Å². The molecule has 1 atom stereocenters. The van der Waals surface area contributed by atoms with Gasteiger partial charge in [-0.15, -0.1) is 0 Å². The molecule has 1 nitrogen and oxygen atoms in total. The predicted octanol–water partition coefficient (Wildman–Crippen LogP) is 3.49. The first kappa shape index (κ1) is 13.9. The summed E-state index contributed by atoms with van der Waals surface area (Å²) in [5.74, 6) is -1.56. The van der Waals surface area contributed by atoms with Crippen molar-refractivity contribution in [2.75, 3.05) is 7.05 Å². The van der Waals surface area contributed by atoms with E-state index in [2.05, 4.69) is 5.32 Å². The van der Waals surface area contributed by atoms with E-state index in [9.17, 15) is 22.0 Å². The Morgan fingerprint density at radius 3 is 2.24 bits per heavy atom. The molecule has 6 heteroatoms. The van der Waals surface area contributed by atoms with Crippen LogP contribution in [0.3, 0.4) is 0 Å². The Morgan fingerprint density at radius 1 is 1.18 bits per heavy atom. The van der Waals surface area contributed by atoms with Crippen molar-refractivity contribution in [2.24, 2.45) is 0 Å². The zero-order valence-corrected chi connectivity index (χ0v) is 9.33. The van der Waals surface area contributed by atoms with Gasteiger partial charge in [-0.3, -0.25) is 0 Å². The number of hydrogen-bond acceptors (Lipinski definition) is 1. The van der Waals surface area contributed by atoms with Crippen molar-refractivity contribution < 1.29 is 22.0 Å². The maximum atomic E-state index is 13.5. The molecule has 0 aliphatic carbocycles. The van der Waals surface area contributed by atoms with E-state index in [0.29, 0.717) is 0 Å². The predicted molar refractivity (Wildman–Crippen MR) is 53.6 cm³/mol. The lowest BCUT2D eigenvalue weighted by atomic mass is 10.0. The average molecular weight is 253 g/mol. The lowest BCUT2D eigenvalue weighted by molar-refractivity contribution is -0.140. The molecule has 96 valence electrons. The SMILES string of the molecule is CNC(CC(F)(F)F)c1cc(F)c(C)cc1F. The van der Waals surface area contributed by atoms with Gasteiger partial charge in [0.25, 0.3) is 0 Å². The van der Waals surface area contributed by atoms with Crippen molar-refractivity contribution >= 4 is 0 Å². The van der Waals surface area contributed by atoms with Crippen LogP contribution < -0.4 is 5.32 Å². The molecule has 1 N–H and O–H groups in total. The summed E-state index contributed by atoms with van der Waals surface area (Å²) in [5, 5.41) is 2.34. The first-order chi connectivity index (χ1) is 7.74. The summed E-state index contributed by atoms with van der Waals surface area (Å²) in [6.45, 7) is 1.35. The van der Waals surface area contributed by atoms with Gasteiger partial charge in [-0.1, -0.05) is 0 Å². The lowest BCUT2D eigenvalue weighted by Crippen LogP contribution is -2.24. The molecule has 0 aliphatic rings. The summed E-state index contributed by atoms with van der Waals surface area (Å²) in [6, 6.07) is 0.410. The highest BCUT2D eigenvalue weighted by Gasteiger charge is 2.33. The molecular weight excluding hydrogens is 241 g/mol. The van der Waals surface area contributed by atoms with Crippen LogP contribution in [0.15, 0.2) is 12.1 Å². The van der Waals surface area contributed by atoms with Crippen LogP contribution in [-0.2, 0) is 0 Å². The van der Waals surface area contributed by atoms with Crippen LogP contribution in [0.4, 0.5) is 22.0 Å². The molecule has 1 unspecified atom stereocenters. The Bertz CT molecular complexity index is 400. The van der Waals surface area contributed by atoms with Gasteiger partial charge >= 0.3 is 6.18 Å². The zero-order valence-electron chi connectivity index (χ0n) is 9.33. The molecular formula is C11H12F5N. The second-order valence-electron chi connectivity index (χ2n) is 3.78. The maximum Gasteiger partial charge on any atom is 0.390 e. The summed E-state index contributed by atoms with van der Waals surface area (Å²) in [7, 11) is 1.27. The van der Waals surface area contributed by atoms with E-state index < -0.39 is 30.3 Å². The Kier molecular flexibility index (Phi) is 4.08. The summed E-state index contributed by atoms with van der Waals surface area (Å²) in [4.78, 5) is 0. The van der Waals surface area contributed by atoms with Gasteiger partial charge in [0, 0.05) is 11.6 Å². The number of rotatable bonds is 3. The van der Waals surface area contributed by atoms with Gasteiger partial charge in [-0.25, -0.2) is 8.78 Å². The number of halogens is 5. The molecule has 1 aromatic rings. The molecule has 0 heterocycles. The van der Waals surface area contributed by atoms with Crippen LogP contribution in [0, 0.1) is 18.6 Å². The van der Waals surface area contributed by atoms with E-state index in [0.717, 1.165) is 12.1 Å². The normalized spacial score (nSPS) is 13.8. The van der Waals surface area contributed by atoms with Crippen molar-refractivity contribution in [2.45, 2.75) is 25.6 Å². The summed E-state index contributed by atoms with van der Waals surface area (Å²) in [5.41, 5.74) is -0.249. The topological polar surface area (TPSA) is 12.0 Å². The van der Waals surface area contributed by atoms with Crippen LogP contribution in [0.5, 0.6) is 0 Å². The van der Waals surface area contributed by atoms with Crippen molar-refractivity contribution in [3.05, 3.63) is 34.9 Å². The fourth-order valence-electron chi connectivity index (χ4n) is 1.53. The Labute approximate surface area is 95.6 Å². The third kappa shape index (κ3) is 3.66. The van der Waals surface area contributed by atoms with E-state index in [-0.39, 0.29) is 11.1 Å². The molecule has 0 bridgehead atoms. The molecule has 1 aromatic carbocycles. The van der Waals surface area contributed by atoms with E-state index in [1.807, 2.05) is 0 Å². The van der Waals surface area contributed by atoms with Gasteiger partial charge in [0.05, 0.1) is 6.42 Å². The van der Waals surface area contributed by atoms with Crippen LogP contribution in [0.25, 0.3) is 0 Å². The standard InChI is InChI=1S/C11H12F5N/c1-6-3-9(13)7(4-8(6)12)10(17-2)5-11(14,15)16/h3-4,10,17H,5H2,1-2H3. The van der Waals surface area contributed by atoms with Crippen molar-refractivity contribution in [3.63, 3.8) is 0 Å². The molecule has 0 spiro atoms. The van der Waals surface area contributed by atoms with Crippen LogP contribution in [0.2, 0.25) is 0 Å². The van der Waals surface area contributed by atoms with E-state index in [4.69, 9.17) is 0 Å². The first-order valence-corrected chi connectivity index (χ1v) is 4.94. The van der Waals surface area contributed by atoms with E-state index in [1.54, 1.807) is 0 Å². The zero-order chi connectivity index (χ0) is 13.2. The third-order valence-corrected chi connectivity index (χ3v) is 2.44. The second-order valence-corrected chi connectivity index (χ2v) is 3.78. The monoisotopic (exact) mass is 253 g/mol. The number of nitrogens with one attached hydrogen (secondary N) is 1. The number of aryl methyl sites for hydroxylation is 1. The molecule has 1 rings (SSSR count). The minimum Gasteiger partial charge on any atom is -0.313 e. The number of alkyl halides is 3. The summed E-state index contributed by atoms with van der Waals surface area (Å²) in [6.07, 6.45) is -5.69. The summed E-state index contributed by atoms with van der Waals surface area (Å²) < 4.78 is 63.4. The molecule has 0 radical (unpaired) electrons. The second kappa shape index (κ2) is 5.00. The molecule has 17 heavy (non-hydrogen) atoms. The molecule has 0 fully saturated rings. The van der Waals surface area contributed by atoms with Crippen molar-refractivity contribution in [1.29, 1.82) is 0 Å². The molecule has 0 amide bonds. The fourth-order valence-corrected chi connectivity index (χ4v) is 1.53. The highest BCUT2D eigenvalue weighted by Crippen LogP contribution is 2.31. The van der Waals surface area contributed by atoms with Gasteiger partial charge in [-0.05, 0) is 31.7 Å². The van der Waals surface area contributed by atoms with E-state index >= 15 is 0 Å². The van der Waals surface area contributed by atoms with Gasteiger partial charge in [0.15, 0.2) is 0 Å². The summed E-state index contributed by atoms with van der Waals surface area (Å²) >= 11 is 0. The fraction of sp³-hybridized carbons (Fsp3) is 0.455. The minimum absolute atomic E-state index is 0.0631. The largest absolute Gasteiger partial charge is 0.390 e. The van der Waals surface area contributed by atoms with Gasteiger partial charge in [0.1, 0.15) is 11.6 Å². The van der Waals surface area contributed by atoms with Crippen molar-refractivity contribution in [3.8, 4) is 0 Å². The average Bonchev–Trinajstić information content (AvgIpc) is 2.19. The lowest BCUT2D eigenvalue weighted by Gasteiger charge is -2.19. The number of hydrogen-bond donors (Lipinski definition) is 1. The van der Waals surface area contributed by atoms with E-state index in [1.165, 1.54) is 14.0 Å². The molecule has 0 saturated heterocycles. The molecule has 0 saturated carbocycles. The third-order valence-electron chi connectivity index (χ3n) is 2.44. The van der Waals surface area contributed by atoms with Crippen molar-refractivity contribution in [1.82, 2.24) is 5.32 Å². The van der Waals surface area contributed by atoms with Crippen LogP contribution in [0.1, 0.15) is 23.6 Å².